The maximum atomic E-state index is 11.1. The number of nitrogens with zero attached hydrogens (tertiary/aromatic N) is 1. The summed E-state index contributed by atoms with van der Waals surface area (Å²) in [6.07, 6.45) is 5.04. The number of halogens is 1. The molecule has 1 fully saturated rings. The highest BCUT2D eigenvalue weighted by molar-refractivity contribution is 6.34. The van der Waals surface area contributed by atoms with Crippen LogP contribution in [-0.2, 0) is 0 Å². The maximum absolute atomic E-state index is 11.1. The van der Waals surface area contributed by atoms with Crippen LogP contribution in [-0.4, -0.2) is 17.0 Å². The van der Waals surface area contributed by atoms with Crippen LogP contribution in [0, 0.1) is 0 Å². The standard InChI is InChI=1S/C9H9ClN2O2/c10-6-3-12-4-7(8(6)9(11)13)14-5-1-2-5/h3-5H,1-2H2,(H2,11,13). The summed E-state index contributed by atoms with van der Waals surface area (Å²) in [7, 11) is 0. The lowest BCUT2D eigenvalue weighted by Gasteiger charge is -2.08. The number of aromatic nitrogens is 1. The van der Waals surface area contributed by atoms with Crippen LogP contribution in [0.2, 0.25) is 5.02 Å². The Morgan fingerprint density at radius 1 is 1.57 bits per heavy atom. The first-order valence-corrected chi connectivity index (χ1v) is 4.66. The Hall–Kier alpha value is -1.29. The van der Waals surface area contributed by atoms with Crippen molar-refractivity contribution in [3.8, 4) is 5.75 Å². The van der Waals surface area contributed by atoms with Crippen LogP contribution in [0.1, 0.15) is 23.2 Å². The molecule has 0 atom stereocenters. The fourth-order valence-corrected chi connectivity index (χ4v) is 1.35. The third kappa shape index (κ3) is 1.80. The highest BCUT2D eigenvalue weighted by atomic mass is 35.5. The summed E-state index contributed by atoms with van der Waals surface area (Å²) < 4.78 is 5.45. The van der Waals surface area contributed by atoms with Crippen molar-refractivity contribution < 1.29 is 9.53 Å². The van der Waals surface area contributed by atoms with E-state index >= 15 is 0 Å². The number of carbonyl (C=O) groups excluding carboxylic acids is 1. The molecule has 1 aliphatic carbocycles. The summed E-state index contributed by atoms with van der Waals surface area (Å²) in [6, 6.07) is 0. The number of ether oxygens (including phenoxy) is 1. The van der Waals surface area contributed by atoms with E-state index in [1.807, 2.05) is 0 Å². The summed E-state index contributed by atoms with van der Waals surface area (Å²) in [4.78, 5) is 14.9. The molecule has 1 amide bonds. The predicted octanol–water partition coefficient (Wildman–Crippen LogP) is 1.38. The molecule has 1 heterocycles. The Morgan fingerprint density at radius 2 is 2.29 bits per heavy atom. The first kappa shape index (κ1) is 9.27. The lowest BCUT2D eigenvalue weighted by Crippen LogP contribution is -2.14. The van der Waals surface area contributed by atoms with E-state index in [0.717, 1.165) is 12.8 Å². The molecule has 1 aromatic rings. The molecular weight excluding hydrogens is 204 g/mol. The molecule has 1 aromatic heterocycles. The number of rotatable bonds is 3. The Bertz CT molecular complexity index is 377. The van der Waals surface area contributed by atoms with Crippen LogP contribution in [0.15, 0.2) is 12.4 Å². The Morgan fingerprint density at radius 3 is 2.86 bits per heavy atom. The fourth-order valence-electron chi connectivity index (χ4n) is 1.11. The quantitative estimate of drug-likeness (QED) is 0.823. The van der Waals surface area contributed by atoms with E-state index in [-0.39, 0.29) is 16.7 Å². The third-order valence-corrected chi connectivity index (χ3v) is 2.22. The van der Waals surface area contributed by atoms with Gasteiger partial charge in [-0.3, -0.25) is 9.78 Å². The van der Waals surface area contributed by atoms with Gasteiger partial charge in [0.15, 0.2) is 5.75 Å². The first-order chi connectivity index (χ1) is 6.68. The highest BCUT2D eigenvalue weighted by Gasteiger charge is 2.26. The molecule has 1 saturated carbocycles. The Balaban J connectivity index is 2.35. The van der Waals surface area contributed by atoms with Crippen molar-refractivity contribution in [1.82, 2.24) is 4.98 Å². The van der Waals surface area contributed by atoms with Crippen LogP contribution < -0.4 is 10.5 Å². The van der Waals surface area contributed by atoms with E-state index < -0.39 is 5.91 Å². The van der Waals surface area contributed by atoms with Gasteiger partial charge >= 0.3 is 0 Å². The summed E-state index contributed by atoms with van der Waals surface area (Å²) in [5.74, 6) is -0.208. The van der Waals surface area contributed by atoms with E-state index in [1.54, 1.807) is 0 Å². The third-order valence-electron chi connectivity index (χ3n) is 1.93. The molecule has 0 radical (unpaired) electrons. The van der Waals surface area contributed by atoms with Gasteiger partial charge in [0.1, 0.15) is 5.56 Å². The van der Waals surface area contributed by atoms with E-state index in [0.29, 0.717) is 5.75 Å². The number of amides is 1. The average Bonchev–Trinajstić information content (AvgIpc) is 2.87. The van der Waals surface area contributed by atoms with Gasteiger partial charge in [0.25, 0.3) is 5.91 Å². The van der Waals surface area contributed by atoms with Crippen molar-refractivity contribution in [2.24, 2.45) is 5.73 Å². The number of primary amides is 1. The molecule has 1 aliphatic rings. The molecule has 0 aromatic carbocycles. The number of hydrogen-bond donors (Lipinski definition) is 1. The predicted molar refractivity (Wildman–Crippen MR) is 51.4 cm³/mol. The molecule has 0 saturated heterocycles. The fraction of sp³-hybridized carbons (Fsp3) is 0.333. The zero-order valence-corrected chi connectivity index (χ0v) is 8.12. The summed E-state index contributed by atoms with van der Waals surface area (Å²) in [6.45, 7) is 0. The van der Waals surface area contributed by atoms with Gasteiger partial charge in [0, 0.05) is 6.20 Å². The molecule has 2 N–H and O–H groups in total. The lowest BCUT2D eigenvalue weighted by atomic mass is 10.2. The molecule has 14 heavy (non-hydrogen) atoms. The molecule has 2 rings (SSSR count). The summed E-state index contributed by atoms with van der Waals surface area (Å²) in [5, 5.41) is 0.232. The molecule has 0 spiro atoms. The van der Waals surface area contributed by atoms with Gasteiger partial charge in [-0.25, -0.2) is 0 Å². The van der Waals surface area contributed by atoms with E-state index in [1.165, 1.54) is 12.4 Å². The van der Waals surface area contributed by atoms with Crippen LogP contribution in [0.25, 0.3) is 0 Å². The summed E-state index contributed by atoms with van der Waals surface area (Å²) in [5.41, 5.74) is 5.40. The maximum Gasteiger partial charge on any atom is 0.254 e. The minimum absolute atomic E-state index is 0.188. The lowest BCUT2D eigenvalue weighted by molar-refractivity contribution is 0.0996. The van der Waals surface area contributed by atoms with Gasteiger partial charge in [-0.15, -0.1) is 0 Å². The zero-order chi connectivity index (χ0) is 10.1. The SMILES string of the molecule is NC(=O)c1c(Cl)cncc1OC1CC1. The molecule has 0 unspecified atom stereocenters. The largest absolute Gasteiger partial charge is 0.488 e. The van der Waals surface area contributed by atoms with Gasteiger partial charge in [-0.2, -0.15) is 0 Å². The van der Waals surface area contributed by atoms with E-state index in [9.17, 15) is 4.79 Å². The van der Waals surface area contributed by atoms with Gasteiger partial charge in [-0.1, -0.05) is 11.6 Å². The van der Waals surface area contributed by atoms with Crippen molar-refractivity contribution >= 4 is 17.5 Å². The second-order valence-corrected chi connectivity index (χ2v) is 3.58. The molecule has 0 bridgehead atoms. The number of hydrogen-bond acceptors (Lipinski definition) is 3. The Kier molecular flexibility index (Phi) is 2.29. The topological polar surface area (TPSA) is 65.2 Å². The smallest absolute Gasteiger partial charge is 0.254 e. The van der Waals surface area contributed by atoms with Gasteiger partial charge in [0.2, 0.25) is 0 Å². The van der Waals surface area contributed by atoms with Crippen molar-refractivity contribution in [2.45, 2.75) is 18.9 Å². The second kappa shape index (κ2) is 3.46. The van der Waals surface area contributed by atoms with Crippen LogP contribution in [0.5, 0.6) is 5.75 Å². The van der Waals surface area contributed by atoms with Crippen molar-refractivity contribution in [3.05, 3.63) is 23.0 Å². The monoisotopic (exact) mass is 212 g/mol. The van der Waals surface area contributed by atoms with E-state index in [4.69, 9.17) is 22.1 Å². The Labute approximate surface area is 86.0 Å². The van der Waals surface area contributed by atoms with E-state index in [2.05, 4.69) is 4.98 Å². The normalized spacial score (nSPS) is 15.2. The molecule has 74 valence electrons. The summed E-state index contributed by atoms with van der Waals surface area (Å²) >= 11 is 5.78. The van der Waals surface area contributed by atoms with Crippen LogP contribution in [0.4, 0.5) is 0 Å². The minimum atomic E-state index is -0.590. The minimum Gasteiger partial charge on any atom is -0.488 e. The molecular formula is C9H9ClN2O2. The number of carbonyl (C=O) groups is 1. The zero-order valence-electron chi connectivity index (χ0n) is 7.37. The number of pyridine rings is 1. The number of nitrogens with two attached hydrogens (primary N) is 1. The van der Waals surface area contributed by atoms with Gasteiger partial charge in [0.05, 0.1) is 17.3 Å². The highest BCUT2D eigenvalue weighted by Crippen LogP contribution is 2.31. The molecule has 4 nitrogen and oxygen atoms in total. The van der Waals surface area contributed by atoms with Crippen LogP contribution >= 0.6 is 11.6 Å². The molecule has 5 heteroatoms. The second-order valence-electron chi connectivity index (χ2n) is 3.18. The van der Waals surface area contributed by atoms with Crippen molar-refractivity contribution in [1.29, 1.82) is 0 Å². The van der Waals surface area contributed by atoms with Gasteiger partial charge in [-0.05, 0) is 12.8 Å². The van der Waals surface area contributed by atoms with Crippen molar-refractivity contribution in [3.63, 3.8) is 0 Å². The van der Waals surface area contributed by atoms with Gasteiger partial charge < -0.3 is 10.5 Å². The van der Waals surface area contributed by atoms with Crippen molar-refractivity contribution in [2.75, 3.05) is 0 Å². The van der Waals surface area contributed by atoms with Crippen LogP contribution in [0.3, 0.4) is 0 Å². The average molecular weight is 213 g/mol. The molecule has 0 aliphatic heterocycles. The first-order valence-electron chi connectivity index (χ1n) is 4.28.